The molecule has 1 fully saturated rings. The smallest absolute Gasteiger partial charge is 0.243 e. The quantitative estimate of drug-likeness (QED) is 0.0929. The number of rotatable bonds is 14. The number of nitrogens with two attached hydrogens (primary N) is 1. The number of piperazine rings is 1. The third-order valence-corrected chi connectivity index (χ3v) is 8.19. The van der Waals surface area contributed by atoms with Crippen molar-refractivity contribution in [2.75, 3.05) is 51.9 Å². The van der Waals surface area contributed by atoms with Gasteiger partial charge in [0.25, 0.3) is 0 Å². The molecule has 1 aromatic carbocycles. The molecule has 3 N–H and O–H groups in total. The molecule has 0 aliphatic carbocycles. The van der Waals surface area contributed by atoms with Crippen LogP contribution in [0.25, 0.3) is 0 Å². The summed E-state index contributed by atoms with van der Waals surface area (Å²) in [4.78, 5) is 17.7. The summed E-state index contributed by atoms with van der Waals surface area (Å²) in [5.41, 5.74) is 2.95. The number of benzene rings is 1. The van der Waals surface area contributed by atoms with E-state index < -0.39 is 10.0 Å². The number of hydrogen-bond donors (Lipinski definition) is 2. The number of hydrazine groups is 1. The Morgan fingerprint density at radius 3 is 2.57 bits per heavy atom. The number of carbonyl (C=O) groups is 1. The fourth-order valence-corrected chi connectivity index (χ4v) is 5.51. The van der Waals surface area contributed by atoms with Crippen molar-refractivity contribution in [3.8, 4) is 5.75 Å². The van der Waals surface area contributed by atoms with E-state index in [1.165, 1.54) is 16.4 Å². The summed E-state index contributed by atoms with van der Waals surface area (Å²) in [6, 6.07) is 4.65. The van der Waals surface area contributed by atoms with Crippen LogP contribution in [0.2, 0.25) is 0 Å². The highest BCUT2D eigenvalue weighted by molar-refractivity contribution is 7.89. The minimum atomic E-state index is -3.73. The lowest BCUT2D eigenvalue weighted by molar-refractivity contribution is -0.111. The summed E-state index contributed by atoms with van der Waals surface area (Å²) in [6.45, 7) is 8.97. The van der Waals surface area contributed by atoms with Crippen LogP contribution >= 0.6 is 11.6 Å². The topological polar surface area (TPSA) is 127 Å². The van der Waals surface area contributed by atoms with E-state index in [0.29, 0.717) is 50.0 Å². The van der Waals surface area contributed by atoms with Crippen molar-refractivity contribution < 1.29 is 22.7 Å². The van der Waals surface area contributed by atoms with Gasteiger partial charge in [0.15, 0.2) is 0 Å². The Kier molecular flexibility index (Phi) is 12.4. The number of nitrogens with one attached hydrogen (secondary N) is 1. The van der Waals surface area contributed by atoms with Gasteiger partial charge in [0.2, 0.25) is 10.0 Å². The average molecular weight is 532 g/mol. The first kappa shape index (κ1) is 29.5. The Hall–Kier alpha value is -1.76. The van der Waals surface area contributed by atoms with Gasteiger partial charge in [-0.3, -0.25) is 4.90 Å². The maximum absolute atomic E-state index is 13.4. The number of aliphatic imine (C=N–C) groups is 1. The molecule has 0 amide bonds. The van der Waals surface area contributed by atoms with Crippen LogP contribution in [0, 0.1) is 5.92 Å². The Morgan fingerprint density at radius 2 is 2.00 bits per heavy atom. The molecule has 1 unspecified atom stereocenters. The van der Waals surface area contributed by atoms with Gasteiger partial charge in [-0.2, -0.15) is 4.31 Å². The SMILES string of the molecule is CCOc1ccc(S(=O)(=O)N2CCN(CCCl)CC2)cc1C(=NCO[C@@H](CC=O)C(C)CC)NN. The molecular formula is C23H38ClN5O5S. The molecule has 2 atom stereocenters. The van der Waals surface area contributed by atoms with Crippen LogP contribution in [0.1, 0.15) is 39.2 Å². The maximum Gasteiger partial charge on any atom is 0.243 e. The summed E-state index contributed by atoms with van der Waals surface area (Å²) in [7, 11) is -3.73. The molecule has 1 aliphatic heterocycles. The van der Waals surface area contributed by atoms with Crippen molar-refractivity contribution in [2.45, 2.75) is 44.6 Å². The van der Waals surface area contributed by atoms with Crippen LogP contribution in [0.4, 0.5) is 0 Å². The predicted molar refractivity (Wildman–Crippen MR) is 137 cm³/mol. The van der Waals surface area contributed by atoms with Gasteiger partial charge in [-0.25, -0.2) is 19.3 Å². The summed E-state index contributed by atoms with van der Waals surface area (Å²) in [5, 5.41) is 0. The summed E-state index contributed by atoms with van der Waals surface area (Å²) >= 11 is 5.81. The molecule has 1 heterocycles. The van der Waals surface area contributed by atoms with Gasteiger partial charge >= 0.3 is 0 Å². The second-order valence-corrected chi connectivity index (χ2v) is 10.6. The van der Waals surface area contributed by atoms with Crippen LogP contribution in [-0.2, 0) is 19.6 Å². The van der Waals surface area contributed by atoms with Gasteiger partial charge in [-0.1, -0.05) is 20.3 Å². The molecule has 0 saturated carbocycles. The molecule has 35 heavy (non-hydrogen) atoms. The van der Waals surface area contributed by atoms with Crippen molar-refractivity contribution >= 4 is 33.7 Å². The fraction of sp³-hybridized carbons (Fsp3) is 0.652. The lowest BCUT2D eigenvalue weighted by Crippen LogP contribution is -2.49. The molecule has 0 radical (unpaired) electrons. The molecule has 1 aliphatic rings. The van der Waals surface area contributed by atoms with E-state index in [4.69, 9.17) is 26.9 Å². The van der Waals surface area contributed by atoms with E-state index in [9.17, 15) is 13.2 Å². The zero-order valence-electron chi connectivity index (χ0n) is 20.8. The second-order valence-electron chi connectivity index (χ2n) is 8.30. The highest BCUT2D eigenvalue weighted by atomic mass is 35.5. The van der Waals surface area contributed by atoms with Crippen molar-refractivity contribution in [3.63, 3.8) is 0 Å². The number of alkyl halides is 1. The van der Waals surface area contributed by atoms with E-state index in [2.05, 4.69) is 15.3 Å². The normalized spacial score (nSPS) is 17.7. The summed E-state index contributed by atoms with van der Waals surface area (Å²) in [5.74, 6) is 7.12. The third-order valence-electron chi connectivity index (χ3n) is 6.13. The minimum absolute atomic E-state index is 0.0482. The number of halogens is 1. The molecule has 1 saturated heterocycles. The number of hydrogen-bond acceptors (Lipinski definition) is 8. The highest BCUT2D eigenvalue weighted by Gasteiger charge is 2.29. The summed E-state index contributed by atoms with van der Waals surface area (Å²) in [6.07, 6.45) is 1.69. The first-order chi connectivity index (χ1) is 16.8. The number of nitrogens with zero attached hydrogens (tertiary/aromatic N) is 3. The standard InChI is InChI=1S/C23H38ClN5O5S/c1-4-18(3)21(8-15-30)34-17-26-23(27-25)20-16-19(6-7-22(20)33-5-2)35(31,32)29-13-11-28(10-9-24)12-14-29/h6-7,15-16,18,21H,4-5,8-14,17,25H2,1-3H3,(H,26,27)/t18?,21-/m0/s1. The van der Waals surface area contributed by atoms with Gasteiger partial charge in [-0.15, -0.1) is 11.6 Å². The fourth-order valence-electron chi connectivity index (χ4n) is 3.83. The van der Waals surface area contributed by atoms with Gasteiger partial charge < -0.3 is 19.7 Å². The molecule has 198 valence electrons. The van der Waals surface area contributed by atoms with Gasteiger partial charge in [0.1, 0.15) is 24.6 Å². The molecule has 0 spiro atoms. The highest BCUT2D eigenvalue weighted by Crippen LogP contribution is 2.26. The van der Waals surface area contributed by atoms with Crippen LogP contribution in [0.3, 0.4) is 0 Å². The average Bonchev–Trinajstić information content (AvgIpc) is 2.86. The third kappa shape index (κ3) is 8.12. The summed E-state index contributed by atoms with van der Waals surface area (Å²) < 4.78 is 39.7. The zero-order chi connectivity index (χ0) is 25.8. The van der Waals surface area contributed by atoms with E-state index in [1.54, 1.807) is 6.07 Å². The van der Waals surface area contributed by atoms with E-state index in [0.717, 1.165) is 19.3 Å². The van der Waals surface area contributed by atoms with Crippen molar-refractivity contribution in [2.24, 2.45) is 16.8 Å². The van der Waals surface area contributed by atoms with Crippen LogP contribution in [-0.4, -0.2) is 87.8 Å². The van der Waals surface area contributed by atoms with Crippen molar-refractivity contribution in [1.82, 2.24) is 14.6 Å². The lowest BCUT2D eigenvalue weighted by atomic mass is 10.00. The zero-order valence-corrected chi connectivity index (χ0v) is 22.4. The number of carbonyl (C=O) groups excluding carboxylic acids is 1. The Balaban J connectivity index is 2.29. The van der Waals surface area contributed by atoms with Gasteiger partial charge in [0.05, 0.1) is 23.2 Å². The second kappa shape index (κ2) is 14.7. The maximum atomic E-state index is 13.4. The predicted octanol–water partition coefficient (Wildman–Crippen LogP) is 1.82. The molecule has 12 heteroatoms. The molecular weight excluding hydrogens is 494 g/mol. The largest absolute Gasteiger partial charge is 0.493 e. The Bertz CT molecular complexity index is 938. The molecule has 0 bridgehead atoms. The van der Waals surface area contributed by atoms with Gasteiger partial charge in [0, 0.05) is 45.0 Å². The lowest BCUT2D eigenvalue weighted by Gasteiger charge is -2.33. The Labute approximate surface area is 213 Å². The van der Waals surface area contributed by atoms with Crippen LogP contribution < -0.4 is 16.0 Å². The van der Waals surface area contributed by atoms with Crippen LogP contribution in [0.15, 0.2) is 28.1 Å². The van der Waals surface area contributed by atoms with Crippen molar-refractivity contribution in [1.29, 1.82) is 0 Å². The van der Waals surface area contributed by atoms with E-state index >= 15 is 0 Å². The van der Waals surface area contributed by atoms with E-state index in [1.807, 2.05) is 20.8 Å². The molecule has 1 aromatic rings. The number of amidine groups is 1. The Morgan fingerprint density at radius 1 is 1.29 bits per heavy atom. The molecule has 0 aromatic heterocycles. The van der Waals surface area contributed by atoms with E-state index in [-0.39, 0.29) is 35.9 Å². The van der Waals surface area contributed by atoms with Gasteiger partial charge in [-0.05, 0) is 31.0 Å². The first-order valence-corrected chi connectivity index (χ1v) is 13.9. The minimum Gasteiger partial charge on any atom is -0.493 e. The first-order valence-electron chi connectivity index (χ1n) is 11.9. The van der Waals surface area contributed by atoms with Crippen LogP contribution in [0.5, 0.6) is 5.75 Å². The van der Waals surface area contributed by atoms with Crippen molar-refractivity contribution in [3.05, 3.63) is 23.8 Å². The number of aldehydes is 1. The molecule has 10 nitrogen and oxygen atoms in total. The number of sulfonamides is 1. The monoisotopic (exact) mass is 531 g/mol. The number of ether oxygens (including phenoxy) is 2. The molecule has 2 rings (SSSR count).